The van der Waals surface area contributed by atoms with Crippen LogP contribution in [0.1, 0.15) is 31.9 Å². The normalized spacial score (nSPS) is 27.2. The molecule has 1 aliphatic carbocycles. The zero-order valence-corrected chi connectivity index (χ0v) is 17.1. The molecule has 0 amide bonds. The molecular formula is C21H21BrO3S. The molecule has 2 aromatic carbocycles. The lowest BCUT2D eigenvalue weighted by atomic mass is 9.85. The Kier molecular flexibility index (Phi) is 4.37. The van der Waals surface area contributed by atoms with Crippen LogP contribution in [0.2, 0.25) is 0 Å². The van der Waals surface area contributed by atoms with E-state index in [1.54, 1.807) is 24.3 Å². The van der Waals surface area contributed by atoms with Crippen molar-refractivity contribution in [1.29, 1.82) is 0 Å². The highest BCUT2D eigenvalue weighted by atomic mass is 79.9. The number of ether oxygens (including phenoxy) is 1. The molecule has 0 N–H and O–H groups in total. The molecule has 2 aliphatic rings. The van der Waals surface area contributed by atoms with Crippen molar-refractivity contribution < 1.29 is 13.2 Å². The molecule has 3 atom stereocenters. The number of halogens is 1. The van der Waals surface area contributed by atoms with Gasteiger partial charge in [-0.3, -0.25) is 0 Å². The van der Waals surface area contributed by atoms with Crippen molar-refractivity contribution in [2.75, 3.05) is 0 Å². The molecule has 1 fully saturated rings. The van der Waals surface area contributed by atoms with Gasteiger partial charge in [0.2, 0.25) is 0 Å². The highest BCUT2D eigenvalue weighted by Gasteiger charge is 2.55. The van der Waals surface area contributed by atoms with Gasteiger partial charge in [-0.25, -0.2) is 8.42 Å². The van der Waals surface area contributed by atoms with Gasteiger partial charge in [-0.05, 0) is 55.7 Å². The summed E-state index contributed by atoms with van der Waals surface area (Å²) in [4.78, 5) is 0.391. The van der Waals surface area contributed by atoms with E-state index in [4.69, 9.17) is 4.74 Å². The van der Waals surface area contributed by atoms with Gasteiger partial charge in [0.15, 0.2) is 9.84 Å². The van der Waals surface area contributed by atoms with Gasteiger partial charge in [-0.15, -0.1) is 0 Å². The maximum absolute atomic E-state index is 13.3. The van der Waals surface area contributed by atoms with Gasteiger partial charge >= 0.3 is 0 Å². The first kappa shape index (κ1) is 18.0. The number of hydrogen-bond acceptors (Lipinski definition) is 3. The number of hydrogen-bond donors (Lipinski definition) is 0. The zero-order chi connectivity index (χ0) is 18.5. The van der Waals surface area contributed by atoms with E-state index in [-0.39, 0.29) is 12.0 Å². The number of benzene rings is 2. The topological polar surface area (TPSA) is 43.4 Å². The third kappa shape index (κ3) is 2.86. The van der Waals surface area contributed by atoms with Crippen LogP contribution in [0.15, 0.2) is 75.6 Å². The summed E-state index contributed by atoms with van der Waals surface area (Å²) in [7, 11) is -3.42. The van der Waals surface area contributed by atoms with Gasteiger partial charge < -0.3 is 4.74 Å². The fraction of sp³-hybridized carbons (Fsp3) is 0.333. The summed E-state index contributed by atoms with van der Waals surface area (Å²) in [5, 5.41) is -0.477. The maximum Gasteiger partial charge on any atom is 0.182 e. The number of rotatable bonds is 3. The Labute approximate surface area is 163 Å². The predicted octanol–water partition coefficient (Wildman–Crippen LogP) is 5.09. The predicted molar refractivity (Wildman–Crippen MR) is 106 cm³/mol. The Balaban J connectivity index is 1.71. The molecule has 1 aliphatic heterocycles. The van der Waals surface area contributed by atoms with Crippen LogP contribution >= 0.6 is 15.9 Å². The molecule has 0 saturated carbocycles. The number of allylic oxidation sites excluding steroid dienone is 1. The van der Waals surface area contributed by atoms with Gasteiger partial charge in [0, 0.05) is 10.4 Å². The van der Waals surface area contributed by atoms with Crippen molar-refractivity contribution in [2.45, 2.75) is 42.1 Å². The Morgan fingerprint density at radius 1 is 1.04 bits per heavy atom. The van der Waals surface area contributed by atoms with Crippen molar-refractivity contribution in [3.8, 4) is 0 Å². The van der Waals surface area contributed by atoms with E-state index in [1.165, 1.54) is 0 Å². The first-order valence-electron chi connectivity index (χ1n) is 8.73. The van der Waals surface area contributed by atoms with Crippen LogP contribution in [0.4, 0.5) is 0 Å². The first-order chi connectivity index (χ1) is 12.3. The minimum absolute atomic E-state index is 0.138. The second kappa shape index (κ2) is 6.32. The Hall–Kier alpha value is -1.43. The summed E-state index contributed by atoms with van der Waals surface area (Å²) in [5.74, 6) is -0.138. The van der Waals surface area contributed by atoms with Crippen molar-refractivity contribution >= 4 is 25.8 Å². The lowest BCUT2D eigenvalue weighted by Crippen LogP contribution is -2.38. The highest BCUT2D eigenvalue weighted by Crippen LogP contribution is 2.54. The first-order valence-corrected chi connectivity index (χ1v) is 11.1. The van der Waals surface area contributed by atoms with Crippen molar-refractivity contribution in [3.63, 3.8) is 0 Å². The number of fused-ring (bicyclic) bond motifs is 1. The molecule has 4 rings (SSSR count). The van der Waals surface area contributed by atoms with Gasteiger partial charge in [-0.1, -0.05) is 52.3 Å². The van der Waals surface area contributed by atoms with Gasteiger partial charge in [0.1, 0.15) is 6.10 Å². The van der Waals surface area contributed by atoms with E-state index in [0.717, 1.165) is 15.6 Å². The molecule has 0 spiro atoms. The van der Waals surface area contributed by atoms with Crippen LogP contribution in [0.5, 0.6) is 0 Å². The van der Waals surface area contributed by atoms with Crippen LogP contribution in [-0.2, 0) is 14.6 Å². The van der Waals surface area contributed by atoms with E-state index in [1.807, 2.05) is 44.2 Å². The standard InChI is InChI=1S/C21H21BrO3S/c1-21(2)19-17(20(25-21)14-8-10-15(22)11-9-14)12-13-18(19)26(23,24)16-6-4-3-5-7-16/h3-12,18-20H,13H2,1-2H3/t18-,19?,20+/m0/s1. The monoisotopic (exact) mass is 432 g/mol. The Morgan fingerprint density at radius 2 is 1.69 bits per heavy atom. The quantitative estimate of drug-likeness (QED) is 0.634. The summed E-state index contributed by atoms with van der Waals surface area (Å²) in [6.07, 6.45) is 2.44. The second-order valence-electron chi connectivity index (χ2n) is 7.47. The lowest BCUT2D eigenvalue weighted by molar-refractivity contribution is -0.0323. The largest absolute Gasteiger partial charge is 0.363 e. The van der Waals surface area contributed by atoms with Crippen LogP contribution in [0, 0.1) is 5.92 Å². The summed E-state index contributed by atoms with van der Waals surface area (Å²) >= 11 is 3.46. The maximum atomic E-state index is 13.3. The van der Waals surface area contributed by atoms with Crippen LogP contribution in [-0.4, -0.2) is 19.3 Å². The van der Waals surface area contributed by atoms with Gasteiger partial charge in [0.05, 0.1) is 15.7 Å². The zero-order valence-electron chi connectivity index (χ0n) is 14.7. The average molecular weight is 433 g/mol. The van der Waals surface area contributed by atoms with Gasteiger partial charge in [0.25, 0.3) is 0 Å². The van der Waals surface area contributed by atoms with Crippen molar-refractivity contribution in [3.05, 3.63) is 76.3 Å². The van der Waals surface area contributed by atoms with Crippen molar-refractivity contribution in [1.82, 2.24) is 0 Å². The minimum Gasteiger partial charge on any atom is -0.363 e. The Bertz CT molecular complexity index is 947. The third-order valence-corrected chi connectivity index (χ3v) is 8.15. The molecule has 1 heterocycles. The third-order valence-electron chi connectivity index (χ3n) is 5.43. The molecular weight excluding hydrogens is 412 g/mol. The van der Waals surface area contributed by atoms with Crippen LogP contribution < -0.4 is 0 Å². The molecule has 0 aromatic heterocycles. The Morgan fingerprint density at radius 3 is 2.35 bits per heavy atom. The van der Waals surface area contributed by atoms with E-state index in [0.29, 0.717) is 11.3 Å². The fourth-order valence-electron chi connectivity index (χ4n) is 4.28. The lowest BCUT2D eigenvalue weighted by Gasteiger charge is -2.30. The SMILES string of the molecule is CC1(C)O[C@H](c2ccc(Br)cc2)C2=CC[C@H](S(=O)(=O)c3ccccc3)C21. The molecule has 26 heavy (non-hydrogen) atoms. The minimum atomic E-state index is -3.42. The summed E-state index contributed by atoms with van der Waals surface area (Å²) < 4.78 is 33.9. The van der Waals surface area contributed by atoms with Crippen LogP contribution in [0.25, 0.3) is 0 Å². The van der Waals surface area contributed by atoms with E-state index in [2.05, 4.69) is 22.0 Å². The summed E-state index contributed by atoms with van der Waals surface area (Å²) in [5.41, 5.74) is 1.63. The smallest absolute Gasteiger partial charge is 0.182 e. The second-order valence-corrected chi connectivity index (χ2v) is 10.5. The molecule has 2 aromatic rings. The summed E-state index contributed by atoms with van der Waals surface area (Å²) in [6, 6.07) is 16.8. The molecule has 1 unspecified atom stereocenters. The van der Waals surface area contributed by atoms with Crippen LogP contribution in [0.3, 0.4) is 0 Å². The van der Waals surface area contributed by atoms with Crippen molar-refractivity contribution in [2.24, 2.45) is 5.92 Å². The van der Waals surface area contributed by atoms with Gasteiger partial charge in [-0.2, -0.15) is 0 Å². The molecule has 0 bridgehead atoms. The van der Waals surface area contributed by atoms with E-state index in [9.17, 15) is 8.42 Å². The fourth-order valence-corrected chi connectivity index (χ4v) is 6.63. The molecule has 136 valence electrons. The van der Waals surface area contributed by atoms with E-state index < -0.39 is 20.7 Å². The molecule has 1 saturated heterocycles. The molecule has 5 heteroatoms. The average Bonchev–Trinajstić information content (AvgIpc) is 3.17. The summed E-state index contributed by atoms with van der Waals surface area (Å²) in [6.45, 7) is 4.01. The number of sulfone groups is 1. The highest BCUT2D eigenvalue weighted by molar-refractivity contribution is 9.10. The molecule has 3 nitrogen and oxygen atoms in total. The van der Waals surface area contributed by atoms with E-state index >= 15 is 0 Å². The molecule has 0 radical (unpaired) electrons.